The number of aromatic nitrogens is 1. The summed E-state index contributed by atoms with van der Waals surface area (Å²) in [6, 6.07) is 11.6. The Bertz CT molecular complexity index is 981. The number of nitrogens with zero attached hydrogens (tertiary/aromatic N) is 4. The second-order valence-corrected chi connectivity index (χ2v) is 9.78. The topological polar surface area (TPSA) is 84.0 Å². The van der Waals surface area contributed by atoms with E-state index in [1.165, 1.54) is 5.56 Å². The van der Waals surface area contributed by atoms with Gasteiger partial charge in [0.05, 0.1) is 5.71 Å². The van der Waals surface area contributed by atoms with E-state index in [1.54, 1.807) is 13.3 Å². The molecular formula is C26H34ClN5O2. The fraction of sp³-hybridized carbons (Fsp3) is 0.500. The number of hydrogen-bond acceptors (Lipinski definition) is 6. The summed E-state index contributed by atoms with van der Waals surface area (Å²) >= 11 is 6.03. The van der Waals surface area contributed by atoms with Gasteiger partial charge in [0.2, 0.25) is 5.91 Å². The van der Waals surface area contributed by atoms with Crippen LogP contribution in [0.3, 0.4) is 0 Å². The highest BCUT2D eigenvalue weighted by atomic mass is 35.5. The van der Waals surface area contributed by atoms with Gasteiger partial charge in [-0.25, -0.2) is 4.98 Å². The van der Waals surface area contributed by atoms with Gasteiger partial charge in [-0.2, -0.15) is 0 Å². The van der Waals surface area contributed by atoms with Gasteiger partial charge in [0, 0.05) is 36.8 Å². The lowest BCUT2D eigenvalue weighted by molar-refractivity contribution is -0.138. The number of likely N-dealkylation sites (tertiary alicyclic amines) is 2. The van der Waals surface area contributed by atoms with Gasteiger partial charge in [-0.15, -0.1) is 0 Å². The minimum absolute atomic E-state index is 0.134. The third-order valence-corrected chi connectivity index (χ3v) is 7.23. The third kappa shape index (κ3) is 6.48. The van der Waals surface area contributed by atoms with Gasteiger partial charge < -0.3 is 15.5 Å². The van der Waals surface area contributed by atoms with Crippen molar-refractivity contribution in [2.75, 3.05) is 39.0 Å². The van der Waals surface area contributed by atoms with E-state index >= 15 is 0 Å². The number of piperidine rings is 2. The Morgan fingerprint density at radius 3 is 2.47 bits per heavy atom. The normalized spacial score (nSPS) is 18.8. The SMILES string of the molecule is CON=C(CC1CCN(C(=O)C2CCN(Cc3ccnc(N)c3)CC2)CC1)c1ccc(Cl)cc1. The molecule has 2 N–H and O–H groups in total. The molecule has 3 heterocycles. The van der Waals surface area contributed by atoms with Crippen molar-refractivity contribution in [3.63, 3.8) is 0 Å². The molecule has 0 spiro atoms. The van der Waals surface area contributed by atoms with E-state index in [-0.39, 0.29) is 5.92 Å². The molecule has 1 amide bonds. The predicted molar refractivity (Wildman–Crippen MR) is 136 cm³/mol. The molecule has 0 radical (unpaired) electrons. The van der Waals surface area contributed by atoms with Crippen molar-refractivity contribution < 1.29 is 9.63 Å². The maximum Gasteiger partial charge on any atom is 0.225 e. The molecule has 182 valence electrons. The zero-order valence-electron chi connectivity index (χ0n) is 19.8. The first kappa shape index (κ1) is 24.5. The summed E-state index contributed by atoms with van der Waals surface area (Å²) in [7, 11) is 1.58. The zero-order chi connectivity index (χ0) is 23.9. The van der Waals surface area contributed by atoms with E-state index in [9.17, 15) is 4.79 Å². The molecule has 2 saturated heterocycles. The second kappa shape index (κ2) is 11.7. The molecule has 2 aliphatic heterocycles. The third-order valence-electron chi connectivity index (χ3n) is 6.98. The molecule has 1 aromatic heterocycles. The van der Waals surface area contributed by atoms with Crippen molar-refractivity contribution in [1.82, 2.24) is 14.8 Å². The van der Waals surface area contributed by atoms with Crippen molar-refractivity contribution in [3.8, 4) is 0 Å². The van der Waals surface area contributed by atoms with Gasteiger partial charge >= 0.3 is 0 Å². The van der Waals surface area contributed by atoms with Crippen molar-refractivity contribution in [2.45, 2.75) is 38.6 Å². The van der Waals surface area contributed by atoms with E-state index in [4.69, 9.17) is 22.2 Å². The number of carbonyl (C=O) groups excluding carboxylic acids is 1. The number of amides is 1. The number of nitrogen functional groups attached to an aromatic ring is 1. The number of rotatable bonds is 7. The monoisotopic (exact) mass is 483 g/mol. The smallest absolute Gasteiger partial charge is 0.225 e. The maximum absolute atomic E-state index is 13.2. The molecule has 2 fully saturated rings. The van der Waals surface area contributed by atoms with Crippen molar-refractivity contribution in [2.24, 2.45) is 17.0 Å². The Labute approximate surface area is 206 Å². The molecule has 0 saturated carbocycles. The lowest BCUT2D eigenvalue weighted by Gasteiger charge is -2.37. The molecule has 1 aromatic carbocycles. The summed E-state index contributed by atoms with van der Waals surface area (Å²) in [5.41, 5.74) is 8.94. The molecule has 4 rings (SSSR count). The Kier molecular flexibility index (Phi) is 8.40. The fourth-order valence-electron chi connectivity index (χ4n) is 5.04. The molecule has 0 bridgehead atoms. The molecule has 2 aromatic rings. The number of nitrogens with two attached hydrogens (primary N) is 1. The number of benzene rings is 1. The Morgan fingerprint density at radius 2 is 1.82 bits per heavy atom. The van der Waals surface area contributed by atoms with E-state index in [0.29, 0.717) is 22.7 Å². The summed E-state index contributed by atoms with van der Waals surface area (Å²) < 4.78 is 0. The van der Waals surface area contributed by atoms with Crippen molar-refractivity contribution in [3.05, 3.63) is 58.7 Å². The van der Waals surface area contributed by atoms with E-state index in [0.717, 1.165) is 76.1 Å². The number of hydrogen-bond donors (Lipinski definition) is 1. The molecule has 0 atom stereocenters. The Balaban J connectivity index is 1.23. The van der Waals surface area contributed by atoms with E-state index < -0.39 is 0 Å². The average molecular weight is 484 g/mol. The average Bonchev–Trinajstić information content (AvgIpc) is 2.85. The number of anilines is 1. The minimum Gasteiger partial charge on any atom is -0.399 e. The van der Waals surface area contributed by atoms with Gasteiger partial charge in [0.1, 0.15) is 12.9 Å². The van der Waals surface area contributed by atoms with Crippen LogP contribution in [0.25, 0.3) is 0 Å². The number of pyridine rings is 1. The highest BCUT2D eigenvalue weighted by Crippen LogP contribution is 2.27. The molecule has 7 nitrogen and oxygen atoms in total. The van der Waals surface area contributed by atoms with Crippen LogP contribution in [0, 0.1) is 11.8 Å². The number of oxime groups is 1. The molecule has 34 heavy (non-hydrogen) atoms. The van der Waals surface area contributed by atoms with Crippen LogP contribution >= 0.6 is 11.6 Å². The van der Waals surface area contributed by atoms with Crippen LogP contribution in [-0.4, -0.2) is 59.7 Å². The van der Waals surface area contributed by atoms with Gasteiger partial charge in [-0.3, -0.25) is 9.69 Å². The first-order chi connectivity index (χ1) is 16.5. The van der Waals surface area contributed by atoms with Crippen molar-refractivity contribution >= 4 is 29.0 Å². The summed E-state index contributed by atoms with van der Waals surface area (Å²) in [6.07, 6.45) is 6.41. The predicted octanol–water partition coefficient (Wildman–Crippen LogP) is 4.21. The van der Waals surface area contributed by atoms with Crippen LogP contribution in [0.1, 0.15) is 43.2 Å². The van der Waals surface area contributed by atoms with Crippen molar-refractivity contribution in [1.29, 1.82) is 0 Å². The van der Waals surface area contributed by atoms with E-state index in [1.807, 2.05) is 36.4 Å². The van der Waals surface area contributed by atoms with Gasteiger partial charge in [-0.05, 0) is 86.5 Å². The van der Waals surface area contributed by atoms with Crippen LogP contribution in [0.4, 0.5) is 5.82 Å². The molecule has 8 heteroatoms. The van der Waals surface area contributed by atoms with Gasteiger partial charge in [0.15, 0.2) is 0 Å². The first-order valence-electron chi connectivity index (χ1n) is 12.1. The van der Waals surface area contributed by atoms with E-state index in [2.05, 4.69) is 19.9 Å². The fourth-order valence-corrected chi connectivity index (χ4v) is 5.16. The summed E-state index contributed by atoms with van der Waals surface area (Å²) in [6.45, 7) is 4.37. The summed E-state index contributed by atoms with van der Waals surface area (Å²) in [4.78, 5) is 26.8. The van der Waals surface area contributed by atoms with Crippen LogP contribution in [0.15, 0.2) is 47.8 Å². The second-order valence-electron chi connectivity index (χ2n) is 9.34. The van der Waals surface area contributed by atoms with Crippen LogP contribution < -0.4 is 5.73 Å². The largest absolute Gasteiger partial charge is 0.399 e. The lowest BCUT2D eigenvalue weighted by atomic mass is 9.88. The summed E-state index contributed by atoms with van der Waals surface area (Å²) in [5.74, 6) is 1.51. The first-order valence-corrected chi connectivity index (χ1v) is 12.5. The van der Waals surface area contributed by atoms with Crippen LogP contribution in [0.5, 0.6) is 0 Å². The lowest BCUT2D eigenvalue weighted by Crippen LogP contribution is -2.45. The highest BCUT2D eigenvalue weighted by molar-refractivity contribution is 6.30. The minimum atomic E-state index is 0.134. The molecule has 2 aliphatic rings. The summed E-state index contributed by atoms with van der Waals surface area (Å²) in [5, 5.41) is 4.97. The van der Waals surface area contributed by atoms with Crippen LogP contribution in [-0.2, 0) is 16.2 Å². The maximum atomic E-state index is 13.2. The Hall–Kier alpha value is -2.64. The number of carbonyl (C=O) groups is 1. The standard InChI is InChI=1S/C26H34ClN5O2/c1-34-30-24(21-2-4-23(27)5-3-21)16-19-7-14-32(15-8-19)26(33)22-9-12-31(13-10-22)18-20-6-11-29-25(28)17-20/h2-6,11,17,19,22H,7-10,12-16,18H2,1H3,(H2,28,29). The zero-order valence-corrected chi connectivity index (χ0v) is 20.6. The Morgan fingerprint density at radius 1 is 1.12 bits per heavy atom. The van der Waals surface area contributed by atoms with Gasteiger partial charge in [-0.1, -0.05) is 28.9 Å². The molecular weight excluding hydrogens is 450 g/mol. The molecule has 0 unspecified atom stereocenters. The van der Waals surface area contributed by atoms with Gasteiger partial charge in [0.25, 0.3) is 0 Å². The quantitative estimate of drug-likeness (QED) is 0.471. The highest BCUT2D eigenvalue weighted by Gasteiger charge is 2.31. The van der Waals surface area contributed by atoms with Crippen LogP contribution in [0.2, 0.25) is 5.02 Å². The number of halogens is 1. The molecule has 0 aliphatic carbocycles.